The van der Waals surface area contributed by atoms with E-state index in [0.29, 0.717) is 4.51 Å². The second-order valence-electron chi connectivity index (χ2n) is 2.29. The first-order chi connectivity index (χ1) is 5.56. The molecule has 5 heteroatoms. The maximum Gasteiger partial charge on any atom is 0.193 e. The van der Waals surface area contributed by atoms with Gasteiger partial charge in [0.2, 0.25) is 0 Å². The molecule has 0 aliphatic heterocycles. The van der Waals surface area contributed by atoms with E-state index in [2.05, 4.69) is 4.98 Å². The molecular formula is C7H9NO2S2. The van der Waals surface area contributed by atoms with Crippen molar-refractivity contribution in [1.82, 2.24) is 4.98 Å². The number of aromatic amines is 1. The highest BCUT2D eigenvalue weighted by atomic mass is 32.2. The highest BCUT2D eigenvalue weighted by Crippen LogP contribution is 2.06. The number of sulfone groups is 1. The van der Waals surface area contributed by atoms with E-state index in [4.69, 9.17) is 12.2 Å². The van der Waals surface area contributed by atoms with Crippen molar-refractivity contribution in [1.29, 1.82) is 0 Å². The molecule has 0 aliphatic carbocycles. The van der Waals surface area contributed by atoms with Crippen LogP contribution in [0.25, 0.3) is 0 Å². The van der Waals surface area contributed by atoms with E-state index >= 15 is 0 Å². The molecule has 1 aromatic rings. The lowest BCUT2D eigenvalue weighted by Crippen LogP contribution is -2.05. The molecule has 3 nitrogen and oxygen atoms in total. The third kappa shape index (κ3) is 1.92. The van der Waals surface area contributed by atoms with E-state index < -0.39 is 9.84 Å². The molecule has 0 aromatic carbocycles. The van der Waals surface area contributed by atoms with Gasteiger partial charge in [0.15, 0.2) is 9.84 Å². The van der Waals surface area contributed by atoms with Gasteiger partial charge in [0.1, 0.15) is 5.03 Å². The fraction of sp³-hybridized carbons (Fsp3) is 0.286. The van der Waals surface area contributed by atoms with Crippen LogP contribution in [0.2, 0.25) is 0 Å². The van der Waals surface area contributed by atoms with Crippen molar-refractivity contribution in [2.75, 3.05) is 5.75 Å². The van der Waals surface area contributed by atoms with Gasteiger partial charge in [0.25, 0.3) is 0 Å². The van der Waals surface area contributed by atoms with E-state index in [-0.39, 0.29) is 10.8 Å². The number of rotatable bonds is 2. The van der Waals surface area contributed by atoms with Crippen LogP contribution in [-0.4, -0.2) is 19.2 Å². The van der Waals surface area contributed by atoms with Gasteiger partial charge in [0, 0.05) is 10.7 Å². The largest absolute Gasteiger partial charge is 0.352 e. The molecule has 1 heterocycles. The minimum atomic E-state index is -3.14. The monoisotopic (exact) mass is 203 g/mol. The summed E-state index contributed by atoms with van der Waals surface area (Å²) in [6.07, 6.45) is 1.53. The average molecular weight is 203 g/mol. The fourth-order valence-corrected chi connectivity index (χ4v) is 1.89. The number of hydrogen-bond acceptors (Lipinski definition) is 3. The van der Waals surface area contributed by atoms with Crippen molar-refractivity contribution in [3.05, 3.63) is 22.8 Å². The summed E-state index contributed by atoms with van der Waals surface area (Å²) in [4.78, 5) is 2.65. The third-order valence-corrected chi connectivity index (χ3v) is 3.38. The second kappa shape index (κ2) is 3.37. The van der Waals surface area contributed by atoms with E-state index in [1.54, 1.807) is 13.0 Å². The summed E-state index contributed by atoms with van der Waals surface area (Å²) in [6, 6.07) is 3.10. The van der Waals surface area contributed by atoms with Crippen LogP contribution in [0.3, 0.4) is 0 Å². The first kappa shape index (κ1) is 9.41. The lowest BCUT2D eigenvalue weighted by molar-refractivity contribution is 0.593. The Kier molecular flexibility index (Phi) is 2.64. The molecule has 0 radical (unpaired) electrons. The third-order valence-electron chi connectivity index (χ3n) is 1.46. The molecule has 0 unspecified atom stereocenters. The average Bonchev–Trinajstić information content (AvgIpc) is 2.05. The number of pyridine rings is 1. The highest BCUT2D eigenvalue weighted by molar-refractivity contribution is 7.91. The van der Waals surface area contributed by atoms with Gasteiger partial charge in [-0.15, -0.1) is 0 Å². The van der Waals surface area contributed by atoms with Gasteiger partial charge in [-0.2, -0.15) is 0 Å². The van der Waals surface area contributed by atoms with Crippen LogP contribution < -0.4 is 0 Å². The Morgan fingerprint density at radius 2 is 2.25 bits per heavy atom. The number of aromatic nitrogens is 1. The second-order valence-corrected chi connectivity index (χ2v) is 5.01. The van der Waals surface area contributed by atoms with Crippen LogP contribution in [0, 0.1) is 4.51 Å². The summed E-state index contributed by atoms with van der Waals surface area (Å²) in [7, 11) is -3.14. The van der Waals surface area contributed by atoms with Gasteiger partial charge in [-0.25, -0.2) is 8.42 Å². The molecule has 0 atom stereocenters. The molecule has 66 valence electrons. The fourth-order valence-electron chi connectivity index (χ4n) is 0.760. The first-order valence-corrected chi connectivity index (χ1v) is 5.54. The van der Waals surface area contributed by atoms with Gasteiger partial charge < -0.3 is 4.98 Å². The van der Waals surface area contributed by atoms with Crippen LogP contribution >= 0.6 is 12.2 Å². The number of hydrogen-bond donors (Lipinski definition) is 1. The summed E-state index contributed by atoms with van der Waals surface area (Å²) in [5.41, 5.74) is 0. The zero-order valence-electron chi connectivity index (χ0n) is 6.57. The Labute approximate surface area is 76.4 Å². The van der Waals surface area contributed by atoms with Crippen molar-refractivity contribution in [2.45, 2.75) is 11.9 Å². The van der Waals surface area contributed by atoms with E-state index in [0.717, 1.165) is 0 Å². The van der Waals surface area contributed by atoms with Crippen LogP contribution in [-0.2, 0) is 9.84 Å². The minimum absolute atomic E-state index is 0.0856. The molecule has 1 N–H and O–H groups in total. The minimum Gasteiger partial charge on any atom is -0.352 e. The van der Waals surface area contributed by atoms with Crippen molar-refractivity contribution >= 4 is 22.1 Å². The summed E-state index contributed by atoms with van der Waals surface area (Å²) in [5, 5.41) is 0.192. The Morgan fingerprint density at radius 3 is 2.75 bits per heavy atom. The Hall–Kier alpha value is -0.680. The zero-order chi connectivity index (χ0) is 9.19. The molecule has 0 spiro atoms. The van der Waals surface area contributed by atoms with Gasteiger partial charge in [0.05, 0.1) is 5.75 Å². The molecule has 0 amide bonds. The quantitative estimate of drug-likeness (QED) is 0.742. The van der Waals surface area contributed by atoms with Gasteiger partial charge in [-0.3, -0.25) is 0 Å². The summed E-state index contributed by atoms with van der Waals surface area (Å²) >= 11 is 4.83. The molecule has 1 rings (SSSR count). The molecule has 0 fully saturated rings. The predicted octanol–water partition coefficient (Wildman–Crippen LogP) is 1.54. The number of nitrogens with one attached hydrogen (secondary N) is 1. The van der Waals surface area contributed by atoms with Crippen LogP contribution in [0.5, 0.6) is 0 Å². The molecular weight excluding hydrogens is 194 g/mol. The summed E-state index contributed by atoms with van der Waals surface area (Å²) in [5.74, 6) is 0.0856. The van der Waals surface area contributed by atoms with Gasteiger partial charge in [-0.1, -0.05) is 19.1 Å². The Bertz CT molecular complexity index is 419. The molecule has 0 saturated heterocycles. The van der Waals surface area contributed by atoms with E-state index in [1.165, 1.54) is 12.3 Å². The van der Waals surface area contributed by atoms with Crippen LogP contribution in [0.4, 0.5) is 0 Å². The molecule has 0 aliphatic rings. The Balaban J connectivity index is 3.31. The van der Waals surface area contributed by atoms with Crippen molar-refractivity contribution in [2.24, 2.45) is 0 Å². The standard InChI is InChI=1S/C7H9NO2S2/c1-2-12(9,10)7-5-6(11)3-4-8-7/h3-5H,2H2,1H3,(H,8,11). The van der Waals surface area contributed by atoms with Crippen molar-refractivity contribution < 1.29 is 8.42 Å². The summed E-state index contributed by atoms with van der Waals surface area (Å²) < 4.78 is 23.1. The first-order valence-electron chi connectivity index (χ1n) is 3.48. The summed E-state index contributed by atoms with van der Waals surface area (Å²) in [6.45, 7) is 1.60. The SMILES string of the molecule is CCS(=O)(=O)c1cc(=S)cc[nH]1. The molecule has 1 aromatic heterocycles. The molecule has 0 bridgehead atoms. The van der Waals surface area contributed by atoms with Gasteiger partial charge >= 0.3 is 0 Å². The smallest absolute Gasteiger partial charge is 0.193 e. The van der Waals surface area contributed by atoms with Crippen LogP contribution in [0.1, 0.15) is 6.92 Å². The topological polar surface area (TPSA) is 49.9 Å². The lowest BCUT2D eigenvalue weighted by Gasteiger charge is -1.99. The maximum atomic E-state index is 11.3. The zero-order valence-corrected chi connectivity index (χ0v) is 8.21. The van der Waals surface area contributed by atoms with Crippen molar-refractivity contribution in [3.8, 4) is 0 Å². The predicted molar refractivity (Wildman–Crippen MR) is 49.4 cm³/mol. The number of H-pyrrole nitrogens is 1. The van der Waals surface area contributed by atoms with Crippen molar-refractivity contribution in [3.63, 3.8) is 0 Å². The lowest BCUT2D eigenvalue weighted by atomic mass is 10.5. The van der Waals surface area contributed by atoms with Crippen LogP contribution in [0.15, 0.2) is 23.4 Å². The molecule has 12 heavy (non-hydrogen) atoms. The maximum absolute atomic E-state index is 11.3. The van der Waals surface area contributed by atoms with E-state index in [9.17, 15) is 8.42 Å². The molecule has 0 saturated carbocycles. The normalized spacial score (nSPS) is 11.4. The Morgan fingerprint density at radius 1 is 1.58 bits per heavy atom. The van der Waals surface area contributed by atoms with Gasteiger partial charge in [-0.05, 0) is 12.1 Å². The van der Waals surface area contributed by atoms with E-state index in [1.807, 2.05) is 0 Å². The highest BCUT2D eigenvalue weighted by Gasteiger charge is 2.10.